The number of rotatable bonds is 5. The standard InChI is InChI=1S/C20H24F3N5O2.HI/c1-24-19(26-14-18(29)25-13-17-6-3-11-30-17)28-9-7-27(8-10-28)16-5-2-4-15(12-16)20(21,22)23;/h2-6,11-12H,7-10,13-14H2,1H3,(H,24,26)(H,25,29);1H. The van der Waals surface area contributed by atoms with E-state index < -0.39 is 11.7 Å². The summed E-state index contributed by atoms with van der Waals surface area (Å²) in [5.74, 6) is 1.04. The highest BCUT2D eigenvalue weighted by molar-refractivity contribution is 14.0. The van der Waals surface area contributed by atoms with Crippen LogP contribution in [-0.2, 0) is 17.5 Å². The van der Waals surface area contributed by atoms with Gasteiger partial charge in [0, 0.05) is 38.9 Å². The Kier molecular flexibility index (Phi) is 9.01. The van der Waals surface area contributed by atoms with Crippen LogP contribution in [0.5, 0.6) is 0 Å². The van der Waals surface area contributed by atoms with Crippen molar-refractivity contribution in [2.45, 2.75) is 12.7 Å². The monoisotopic (exact) mass is 551 g/mol. The number of benzene rings is 1. The van der Waals surface area contributed by atoms with Crippen molar-refractivity contribution in [3.8, 4) is 0 Å². The van der Waals surface area contributed by atoms with E-state index in [2.05, 4.69) is 15.6 Å². The number of alkyl halides is 3. The maximum Gasteiger partial charge on any atom is 0.416 e. The number of guanidine groups is 1. The van der Waals surface area contributed by atoms with Crippen LogP contribution >= 0.6 is 24.0 Å². The number of amides is 1. The summed E-state index contributed by atoms with van der Waals surface area (Å²) in [6.07, 6.45) is -2.82. The van der Waals surface area contributed by atoms with Gasteiger partial charge in [-0.1, -0.05) is 6.07 Å². The van der Waals surface area contributed by atoms with Crippen LogP contribution in [0.1, 0.15) is 11.3 Å². The number of carbonyl (C=O) groups is 1. The lowest BCUT2D eigenvalue weighted by Gasteiger charge is -2.37. The molecule has 2 N–H and O–H groups in total. The average molecular weight is 551 g/mol. The molecule has 0 radical (unpaired) electrons. The van der Waals surface area contributed by atoms with Gasteiger partial charge in [0.05, 0.1) is 24.9 Å². The van der Waals surface area contributed by atoms with E-state index in [0.29, 0.717) is 50.1 Å². The second kappa shape index (κ2) is 11.3. The second-order valence-corrected chi connectivity index (χ2v) is 6.78. The Bertz CT molecular complexity index is 866. The number of nitrogens with zero attached hydrogens (tertiary/aromatic N) is 3. The molecule has 1 saturated heterocycles. The van der Waals surface area contributed by atoms with Gasteiger partial charge in [-0.3, -0.25) is 9.79 Å². The van der Waals surface area contributed by atoms with Gasteiger partial charge in [0.2, 0.25) is 5.91 Å². The predicted octanol–water partition coefficient (Wildman–Crippen LogP) is 2.93. The maximum absolute atomic E-state index is 12.9. The summed E-state index contributed by atoms with van der Waals surface area (Å²) in [7, 11) is 1.63. The zero-order valence-corrected chi connectivity index (χ0v) is 19.3. The summed E-state index contributed by atoms with van der Waals surface area (Å²) in [5.41, 5.74) is -0.106. The maximum atomic E-state index is 12.9. The zero-order chi connectivity index (χ0) is 21.6. The first-order chi connectivity index (χ1) is 14.4. The molecule has 1 aromatic heterocycles. The molecule has 1 amide bonds. The molecular formula is C20H25F3IN5O2. The van der Waals surface area contributed by atoms with E-state index in [0.717, 1.165) is 6.07 Å². The van der Waals surface area contributed by atoms with E-state index >= 15 is 0 Å². The van der Waals surface area contributed by atoms with Crippen LogP contribution in [0.3, 0.4) is 0 Å². The highest BCUT2D eigenvalue weighted by atomic mass is 127. The molecule has 0 bridgehead atoms. The Morgan fingerprint density at radius 1 is 1.13 bits per heavy atom. The van der Waals surface area contributed by atoms with Crippen LogP contribution in [0.4, 0.5) is 18.9 Å². The SMILES string of the molecule is CN=C(NCC(=O)NCc1ccco1)N1CCN(c2cccc(C(F)(F)F)c2)CC1.I. The molecule has 31 heavy (non-hydrogen) atoms. The summed E-state index contributed by atoms with van der Waals surface area (Å²) in [6.45, 7) is 2.61. The first-order valence-corrected chi connectivity index (χ1v) is 9.53. The topological polar surface area (TPSA) is 73.1 Å². The molecule has 7 nitrogen and oxygen atoms in total. The molecule has 1 aliphatic rings. The van der Waals surface area contributed by atoms with Crippen LogP contribution in [0.2, 0.25) is 0 Å². The summed E-state index contributed by atoms with van der Waals surface area (Å²) < 4.78 is 44.0. The van der Waals surface area contributed by atoms with Gasteiger partial charge in [0.15, 0.2) is 5.96 Å². The summed E-state index contributed by atoms with van der Waals surface area (Å²) in [6, 6.07) is 8.87. The summed E-state index contributed by atoms with van der Waals surface area (Å²) >= 11 is 0. The Morgan fingerprint density at radius 3 is 2.48 bits per heavy atom. The van der Waals surface area contributed by atoms with Crippen molar-refractivity contribution in [3.05, 3.63) is 54.0 Å². The molecule has 0 unspecified atom stereocenters. The molecule has 0 spiro atoms. The number of aliphatic imine (C=N–C) groups is 1. The lowest BCUT2D eigenvalue weighted by atomic mass is 10.1. The van der Waals surface area contributed by atoms with Gasteiger partial charge in [0.25, 0.3) is 0 Å². The molecule has 1 aliphatic heterocycles. The molecule has 0 saturated carbocycles. The average Bonchev–Trinajstić information content (AvgIpc) is 3.26. The molecular weight excluding hydrogens is 526 g/mol. The Balaban J connectivity index is 0.00000341. The number of nitrogens with one attached hydrogen (secondary N) is 2. The van der Waals surface area contributed by atoms with Crippen LogP contribution in [0.15, 0.2) is 52.1 Å². The van der Waals surface area contributed by atoms with Gasteiger partial charge in [0.1, 0.15) is 5.76 Å². The van der Waals surface area contributed by atoms with Crippen molar-refractivity contribution >= 4 is 41.5 Å². The molecule has 1 aromatic carbocycles. The van der Waals surface area contributed by atoms with E-state index in [1.165, 1.54) is 12.1 Å². The lowest BCUT2D eigenvalue weighted by Crippen LogP contribution is -2.53. The van der Waals surface area contributed by atoms with Gasteiger partial charge in [-0.2, -0.15) is 13.2 Å². The molecule has 11 heteroatoms. The lowest BCUT2D eigenvalue weighted by molar-refractivity contribution is -0.137. The highest BCUT2D eigenvalue weighted by Gasteiger charge is 2.31. The fourth-order valence-electron chi connectivity index (χ4n) is 3.21. The zero-order valence-electron chi connectivity index (χ0n) is 17.0. The quantitative estimate of drug-likeness (QED) is 0.340. The number of furan rings is 1. The molecule has 0 aliphatic carbocycles. The second-order valence-electron chi connectivity index (χ2n) is 6.78. The van der Waals surface area contributed by atoms with E-state index in [1.54, 1.807) is 31.5 Å². The Labute approximate surface area is 195 Å². The van der Waals surface area contributed by atoms with Crippen LogP contribution in [0, 0.1) is 0 Å². The van der Waals surface area contributed by atoms with Gasteiger partial charge < -0.3 is 24.9 Å². The summed E-state index contributed by atoms with van der Waals surface area (Å²) in [4.78, 5) is 20.1. The number of halogens is 4. The molecule has 0 atom stereocenters. The van der Waals surface area contributed by atoms with Gasteiger partial charge in [-0.15, -0.1) is 24.0 Å². The normalized spacial score (nSPS) is 14.8. The van der Waals surface area contributed by atoms with Crippen LogP contribution in [-0.4, -0.2) is 56.5 Å². The van der Waals surface area contributed by atoms with Crippen molar-refractivity contribution in [1.82, 2.24) is 15.5 Å². The third kappa shape index (κ3) is 7.04. The minimum atomic E-state index is -4.36. The number of hydrogen-bond donors (Lipinski definition) is 2. The van der Waals surface area contributed by atoms with E-state index in [9.17, 15) is 18.0 Å². The van der Waals surface area contributed by atoms with Crippen molar-refractivity contribution < 1.29 is 22.4 Å². The number of carbonyl (C=O) groups excluding carboxylic acids is 1. The van der Waals surface area contributed by atoms with E-state index in [-0.39, 0.29) is 36.4 Å². The van der Waals surface area contributed by atoms with Gasteiger partial charge >= 0.3 is 6.18 Å². The smallest absolute Gasteiger partial charge is 0.416 e. The van der Waals surface area contributed by atoms with Crippen molar-refractivity contribution in [2.24, 2.45) is 4.99 Å². The number of anilines is 1. The van der Waals surface area contributed by atoms with Crippen molar-refractivity contribution in [2.75, 3.05) is 44.7 Å². The Hall–Kier alpha value is -2.44. The first-order valence-electron chi connectivity index (χ1n) is 9.53. The Morgan fingerprint density at radius 2 is 1.87 bits per heavy atom. The van der Waals surface area contributed by atoms with E-state index in [4.69, 9.17) is 4.42 Å². The van der Waals surface area contributed by atoms with Crippen LogP contribution in [0.25, 0.3) is 0 Å². The number of piperazine rings is 1. The third-order valence-corrected chi connectivity index (χ3v) is 4.78. The molecule has 3 rings (SSSR count). The molecule has 1 fully saturated rings. The van der Waals surface area contributed by atoms with Gasteiger partial charge in [-0.25, -0.2) is 0 Å². The molecule has 170 valence electrons. The van der Waals surface area contributed by atoms with Crippen molar-refractivity contribution in [1.29, 1.82) is 0 Å². The predicted molar refractivity (Wildman–Crippen MR) is 123 cm³/mol. The van der Waals surface area contributed by atoms with Crippen molar-refractivity contribution in [3.63, 3.8) is 0 Å². The minimum Gasteiger partial charge on any atom is -0.467 e. The first kappa shape index (κ1) is 24.8. The summed E-state index contributed by atoms with van der Waals surface area (Å²) in [5, 5.41) is 5.76. The minimum absolute atomic E-state index is 0. The highest BCUT2D eigenvalue weighted by Crippen LogP contribution is 2.31. The van der Waals surface area contributed by atoms with Crippen LogP contribution < -0.4 is 15.5 Å². The molecule has 2 heterocycles. The van der Waals surface area contributed by atoms with Gasteiger partial charge in [-0.05, 0) is 30.3 Å². The number of hydrogen-bond acceptors (Lipinski definition) is 4. The third-order valence-electron chi connectivity index (χ3n) is 4.78. The van der Waals surface area contributed by atoms with E-state index in [1.807, 2.05) is 9.80 Å². The molecule has 2 aromatic rings. The fraction of sp³-hybridized carbons (Fsp3) is 0.400. The fourth-order valence-corrected chi connectivity index (χ4v) is 3.21. The largest absolute Gasteiger partial charge is 0.467 e.